The first-order valence-corrected chi connectivity index (χ1v) is 5.32. The normalized spacial score (nSPS) is 41.6. The lowest BCUT2D eigenvalue weighted by atomic mass is 10.2. The Balaban J connectivity index is 2.42. The van der Waals surface area contributed by atoms with Crippen molar-refractivity contribution < 1.29 is 4.21 Å². The van der Waals surface area contributed by atoms with Crippen LogP contribution in [0, 0.1) is 0 Å². The maximum absolute atomic E-state index is 11.1. The third-order valence-electron chi connectivity index (χ3n) is 1.84. The first-order chi connectivity index (χ1) is 4.72. The standard InChI is InChI=1S/C7H15NOS/c1-3-7-5-10(9)4-6(2)8-7/h6-8H,3-5H2,1-2H3. The molecule has 3 unspecified atom stereocenters. The van der Waals surface area contributed by atoms with E-state index in [1.54, 1.807) is 0 Å². The maximum atomic E-state index is 11.1. The Morgan fingerprint density at radius 1 is 1.60 bits per heavy atom. The van der Waals surface area contributed by atoms with Crippen LogP contribution >= 0.6 is 0 Å². The summed E-state index contributed by atoms with van der Waals surface area (Å²) in [6, 6.07) is 0.934. The van der Waals surface area contributed by atoms with Crippen molar-refractivity contribution >= 4 is 10.8 Å². The summed E-state index contributed by atoms with van der Waals surface area (Å²) in [7, 11) is -0.563. The van der Waals surface area contributed by atoms with Crippen molar-refractivity contribution in [3.8, 4) is 0 Å². The highest BCUT2D eigenvalue weighted by Gasteiger charge is 2.20. The molecule has 1 aliphatic rings. The molecule has 0 aromatic rings. The van der Waals surface area contributed by atoms with Crippen LogP contribution in [-0.4, -0.2) is 27.8 Å². The molecule has 60 valence electrons. The minimum Gasteiger partial charge on any atom is -0.310 e. The summed E-state index contributed by atoms with van der Waals surface area (Å²) in [6.45, 7) is 4.23. The molecule has 3 atom stereocenters. The zero-order valence-electron chi connectivity index (χ0n) is 6.59. The van der Waals surface area contributed by atoms with Gasteiger partial charge < -0.3 is 5.32 Å². The van der Waals surface area contributed by atoms with Crippen molar-refractivity contribution in [1.29, 1.82) is 0 Å². The topological polar surface area (TPSA) is 29.1 Å². The number of hydrogen-bond donors (Lipinski definition) is 1. The van der Waals surface area contributed by atoms with E-state index in [2.05, 4.69) is 19.2 Å². The summed E-state index contributed by atoms with van der Waals surface area (Å²) in [5.74, 6) is 1.68. The SMILES string of the molecule is CCC1CS(=O)CC(C)N1. The Morgan fingerprint density at radius 3 is 2.80 bits per heavy atom. The molecular formula is C7H15NOS. The Kier molecular flexibility index (Phi) is 2.86. The van der Waals surface area contributed by atoms with Crippen LogP contribution in [0.1, 0.15) is 20.3 Å². The van der Waals surface area contributed by atoms with E-state index in [4.69, 9.17) is 0 Å². The van der Waals surface area contributed by atoms with Crippen LogP contribution in [0.15, 0.2) is 0 Å². The molecule has 0 saturated carbocycles. The summed E-state index contributed by atoms with van der Waals surface area (Å²) >= 11 is 0. The van der Waals surface area contributed by atoms with Gasteiger partial charge in [-0.25, -0.2) is 0 Å². The van der Waals surface area contributed by atoms with Crippen LogP contribution in [0.5, 0.6) is 0 Å². The van der Waals surface area contributed by atoms with Crippen LogP contribution in [0.2, 0.25) is 0 Å². The third-order valence-corrected chi connectivity index (χ3v) is 3.48. The lowest BCUT2D eigenvalue weighted by Gasteiger charge is -2.27. The lowest BCUT2D eigenvalue weighted by Crippen LogP contribution is -2.48. The summed E-state index contributed by atoms with van der Waals surface area (Å²) in [5.41, 5.74) is 0. The third kappa shape index (κ3) is 2.06. The molecule has 2 nitrogen and oxygen atoms in total. The van der Waals surface area contributed by atoms with E-state index in [0.29, 0.717) is 12.1 Å². The van der Waals surface area contributed by atoms with Crippen molar-refractivity contribution in [1.82, 2.24) is 5.32 Å². The molecule has 0 bridgehead atoms. The summed E-state index contributed by atoms with van der Waals surface area (Å²) in [6.07, 6.45) is 1.09. The van der Waals surface area contributed by atoms with Gasteiger partial charge in [-0.05, 0) is 13.3 Å². The van der Waals surface area contributed by atoms with Gasteiger partial charge in [0.05, 0.1) is 0 Å². The molecule has 0 aliphatic carbocycles. The molecule has 0 aromatic carbocycles. The average molecular weight is 161 g/mol. The first kappa shape index (κ1) is 8.21. The Morgan fingerprint density at radius 2 is 2.30 bits per heavy atom. The molecule has 1 aliphatic heterocycles. The highest BCUT2D eigenvalue weighted by molar-refractivity contribution is 7.85. The van der Waals surface area contributed by atoms with Crippen LogP contribution in [-0.2, 0) is 10.8 Å². The van der Waals surface area contributed by atoms with Gasteiger partial charge in [0.1, 0.15) is 0 Å². The number of rotatable bonds is 1. The van der Waals surface area contributed by atoms with Crippen molar-refractivity contribution in [2.45, 2.75) is 32.4 Å². The largest absolute Gasteiger partial charge is 0.310 e. The van der Waals surface area contributed by atoms with E-state index in [-0.39, 0.29) is 0 Å². The maximum Gasteiger partial charge on any atom is 0.0389 e. The summed E-state index contributed by atoms with van der Waals surface area (Å²) < 4.78 is 11.1. The minimum atomic E-state index is -0.563. The van der Waals surface area contributed by atoms with Crippen molar-refractivity contribution in [3.05, 3.63) is 0 Å². The predicted molar refractivity (Wildman–Crippen MR) is 44.6 cm³/mol. The summed E-state index contributed by atoms with van der Waals surface area (Å²) in [5, 5.41) is 3.40. The lowest BCUT2D eigenvalue weighted by molar-refractivity contribution is 0.466. The first-order valence-electron chi connectivity index (χ1n) is 3.83. The molecule has 1 rings (SSSR count). The molecule has 1 fully saturated rings. The molecule has 0 amide bonds. The fourth-order valence-electron chi connectivity index (χ4n) is 1.31. The molecule has 0 radical (unpaired) electrons. The zero-order valence-corrected chi connectivity index (χ0v) is 7.41. The quantitative estimate of drug-likeness (QED) is 0.607. The molecule has 1 heterocycles. The van der Waals surface area contributed by atoms with Gasteiger partial charge in [0.2, 0.25) is 0 Å². The van der Waals surface area contributed by atoms with Gasteiger partial charge in [0.15, 0.2) is 0 Å². The molecule has 10 heavy (non-hydrogen) atoms. The van der Waals surface area contributed by atoms with Gasteiger partial charge in [0.25, 0.3) is 0 Å². The van der Waals surface area contributed by atoms with E-state index in [0.717, 1.165) is 17.9 Å². The Labute approximate surface area is 64.8 Å². The second-order valence-corrected chi connectivity index (χ2v) is 4.49. The summed E-state index contributed by atoms with van der Waals surface area (Å²) in [4.78, 5) is 0. The van der Waals surface area contributed by atoms with Gasteiger partial charge >= 0.3 is 0 Å². The zero-order chi connectivity index (χ0) is 7.56. The predicted octanol–water partition coefficient (Wildman–Crippen LogP) is 0.505. The van der Waals surface area contributed by atoms with Gasteiger partial charge in [-0.1, -0.05) is 6.92 Å². The molecular weight excluding hydrogens is 146 g/mol. The Bertz CT molecular complexity index is 138. The van der Waals surface area contributed by atoms with E-state index in [1.807, 2.05) is 0 Å². The monoisotopic (exact) mass is 161 g/mol. The van der Waals surface area contributed by atoms with Crippen LogP contribution < -0.4 is 5.32 Å². The van der Waals surface area contributed by atoms with Gasteiger partial charge in [0, 0.05) is 34.4 Å². The average Bonchev–Trinajstić information content (AvgIpc) is 1.85. The fourth-order valence-corrected chi connectivity index (χ4v) is 2.88. The fraction of sp³-hybridized carbons (Fsp3) is 1.00. The second-order valence-electron chi connectivity index (χ2n) is 2.95. The molecule has 0 aromatic heterocycles. The second kappa shape index (κ2) is 3.49. The van der Waals surface area contributed by atoms with Gasteiger partial charge in [-0.3, -0.25) is 4.21 Å². The molecule has 0 spiro atoms. The van der Waals surface area contributed by atoms with E-state index in [1.165, 1.54) is 0 Å². The smallest absolute Gasteiger partial charge is 0.0389 e. The van der Waals surface area contributed by atoms with E-state index in [9.17, 15) is 4.21 Å². The van der Waals surface area contributed by atoms with E-state index < -0.39 is 10.8 Å². The van der Waals surface area contributed by atoms with E-state index >= 15 is 0 Å². The molecule has 1 N–H and O–H groups in total. The minimum absolute atomic E-state index is 0.444. The number of nitrogens with one attached hydrogen (secondary N) is 1. The van der Waals surface area contributed by atoms with Crippen molar-refractivity contribution in [2.75, 3.05) is 11.5 Å². The highest BCUT2D eigenvalue weighted by atomic mass is 32.2. The van der Waals surface area contributed by atoms with Crippen LogP contribution in [0.3, 0.4) is 0 Å². The molecule has 3 heteroatoms. The molecule has 1 saturated heterocycles. The van der Waals surface area contributed by atoms with Crippen LogP contribution in [0.25, 0.3) is 0 Å². The van der Waals surface area contributed by atoms with Crippen LogP contribution in [0.4, 0.5) is 0 Å². The van der Waals surface area contributed by atoms with Gasteiger partial charge in [-0.15, -0.1) is 0 Å². The van der Waals surface area contributed by atoms with Gasteiger partial charge in [-0.2, -0.15) is 0 Å². The highest BCUT2D eigenvalue weighted by Crippen LogP contribution is 2.04. The Hall–Kier alpha value is 0.110. The van der Waals surface area contributed by atoms with Crippen molar-refractivity contribution in [3.63, 3.8) is 0 Å². The number of hydrogen-bond acceptors (Lipinski definition) is 2. The van der Waals surface area contributed by atoms with Crippen molar-refractivity contribution in [2.24, 2.45) is 0 Å².